The smallest absolute Gasteiger partial charge is 0.251 e. The van der Waals surface area contributed by atoms with Gasteiger partial charge in [-0.3, -0.25) is 4.79 Å². The Morgan fingerprint density at radius 3 is 2.76 bits per heavy atom. The zero-order valence-corrected chi connectivity index (χ0v) is 14.9. The number of likely N-dealkylation sites (tertiary alicyclic amines) is 1. The molecule has 1 aromatic rings. The van der Waals surface area contributed by atoms with E-state index in [9.17, 15) is 13.6 Å². The summed E-state index contributed by atoms with van der Waals surface area (Å²) in [5.41, 5.74) is -0.0956. The SMILES string of the molecule is [2H]C1(C)OC2(CCN(CCc3cc(F)ccc3F)CC2)CN(CC)C1=O. The Morgan fingerprint density at radius 2 is 2.08 bits per heavy atom. The van der Waals surface area contributed by atoms with E-state index in [0.29, 0.717) is 31.6 Å². The first-order valence-corrected chi connectivity index (χ1v) is 8.90. The largest absolute Gasteiger partial charge is 0.360 e. The fourth-order valence-corrected chi connectivity index (χ4v) is 3.76. The van der Waals surface area contributed by atoms with Crippen molar-refractivity contribution in [2.24, 2.45) is 0 Å². The summed E-state index contributed by atoms with van der Waals surface area (Å²) in [5.74, 6) is -1.08. The molecule has 0 bridgehead atoms. The number of carbonyl (C=O) groups is 1. The molecule has 1 unspecified atom stereocenters. The molecule has 1 spiro atoms. The van der Waals surface area contributed by atoms with Gasteiger partial charge in [0, 0.05) is 32.7 Å². The van der Waals surface area contributed by atoms with Crippen molar-refractivity contribution >= 4 is 5.91 Å². The highest BCUT2D eigenvalue weighted by atomic mass is 19.1. The van der Waals surface area contributed by atoms with Crippen molar-refractivity contribution in [2.45, 2.75) is 44.8 Å². The van der Waals surface area contributed by atoms with E-state index in [1.807, 2.05) is 6.92 Å². The maximum Gasteiger partial charge on any atom is 0.251 e. The van der Waals surface area contributed by atoms with Crippen molar-refractivity contribution in [3.8, 4) is 0 Å². The summed E-state index contributed by atoms with van der Waals surface area (Å²) in [5, 5.41) is 0. The van der Waals surface area contributed by atoms with Crippen LogP contribution in [0.5, 0.6) is 0 Å². The topological polar surface area (TPSA) is 32.8 Å². The van der Waals surface area contributed by atoms with Crippen LogP contribution in [-0.4, -0.2) is 60.1 Å². The highest BCUT2D eigenvalue weighted by Gasteiger charge is 2.44. The lowest BCUT2D eigenvalue weighted by Gasteiger charge is -2.49. The molecule has 2 fully saturated rings. The minimum Gasteiger partial charge on any atom is -0.360 e. The number of halogens is 2. The molecule has 138 valence electrons. The Hall–Kier alpha value is -1.53. The summed E-state index contributed by atoms with van der Waals surface area (Å²) in [4.78, 5) is 16.1. The van der Waals surface area contributed by atoms with Gasteiger partial charge in [0.2, 0.25) is 0 Å². The summed E-state index contributed by atoms with van der Waals surface area (Å²) in [6.07, 6.45) is 0.349. The predicted octanol–water partition coefficient (Wildman–Crippen LogP) is 2.61. The van der Waals surface area contributed by atoms with Crippen molar-refractivity contribution in [1.29, 1.82) is 0 Å². The number of likely N-dealkylation sites (N-methyl/N-ethyl adjacent to an activating group) is 1. The molecule has 0 radical (unpaired) electrons. The number of nitrogens with zero attached hydrogens (tertiary/aromatic N) is 2. The number of piperidine rings is 1. The zero-order chi connectivity index (χ0) is 18.9. The van der Waals surface area contributed by atoms with Crippen LogP contribution < -0.4 is 0 Å². The molecule has 0 saturated carbocycles. The molecule has 0 aliphatic carbocycles. The number of morpholine rings is 1. The van der Waals surface area contributed by atoms with E-state index in [1.165, 1.54) is 13.0 Å². The van der Waals surface area contributed by atoms with Crippen LogP contribution in [0.3, 0.4) is 0 Å². The highest BCUT2D eigenvalue weighted by Crippen LogP contribution is 2.32. The number of ether oxygens (including phenoxy) is 1. The number of hydrogen-bond acceptors (Lipinski definition) is 3. The molecule has 1 atom stereocenters. The first-order valence-electron chi connectivity index (χ1n) is 9.40. The third kappa shape index (κ3) is 4.01. The van der Waals surface area contributed by atoms with Crippen LogP contribution in [0.4, 0.5) is 8.78 Å². The van der Waals surface area contributed by atoms with E-state index in [-0.39, 0.29) is 11.7 Å². The third-order valence-corrected chi connectivity index (χ3v) is 5.29. The van der Waals surface area contributed by atoms with Crippen LogP contribution in [0.15, 0.2) is 18.2 Å². The molecule has 2 aliphatic rings. The molecular weight excluding hydrogens is 326 g/mol. The quantitative estimate of drug-likeness (QED) is 0.834. The van der Waals surface area contributed by atoms with Crippen molar-refractivity contribution in [3.05, 3.63) is 35.4 Å². The molecule has 2 heterocycles. The van der Waals surface area contributed by atoms with E-state index in [2.05, 4.69) is 4.90 Å². The normalized spacial score (nSPS) is 27.6. The average molecular weight is 353 g/mol. The fraction of sp³-hybridized carbons (Fsp3) is 0.632. The first-order chi connectivity index (χ1) is 12.2. The number of benzene rings is 1. The molecule has 0 aromatic heterocycles. The second-order valence-electron chi connectivity index (χ2n) is 6.99. The monoisotopic (exact) mass is 353 g/mol. The van der Waals surface area contributed by atoms with Crippen molar-refractivity contribution < 1.29 is 19.7 Å². The van der Waals surface area contributed by atoms with Gasteiger partial charge in [0.15, 0.2) is 0 Å². The second-order valence-corrected chi connectivity index (χ2v) is 6.99. The molecule has 0 N–H and O–H groups in total. The summed E-state index contributed by atoms with van der Waals surface area (Å²) >= 11 is 0. The maximum absolute atomic E-state index is 13.8. The summed E-state index contributed by atoms with van der Waals surface area (Å²) in [6.45, 7) is 6.65. The van der Waals surface area contributed by atoms with E-state index in [4.69, 9.17) is 6.11 Å². The Bertz CT molecular complexity index is 676. The van der Waals surface area contributed by atoms with Crippen LogP contribution >= 0.6 is 0 Å². The van der Waals surface area contributed by atoms with Crippen molar-refractivity contribution in [2.75, 3.05) is 32.7 Å². The number of carbonyl (C=O) groups excluding carboxylic acids is 1. The van der Waals surface area contributed by atoms with Crippen LogP contribution in [-0.2, 0) is 16.0 Å². The van der Waals surface area contributed by atoms with Gasteiger partial charge >= 0.3 is 0 Å². The molecule has 25 heavy (non-hydrogen) atoms. The lowest BCUT2D eigenvalue weighted by molar-refractivity contribution is -0.189. The van der Waals surface area contributed by atoms with Gasteiger partial charge in [-0.05, 0) is 56.9 Å². The molecule has 4 nitrogen and oxygen atoms in total. The Kier molecular flexibility index (Phi) is 4.99. The fourth-order valence-electron chi connectivity index (χ4n) is 3.76. The Balaban J connectivity index is 1.58. The molecule has 6 heteroatoms. The Labute approximate surface area is 149 Å². The number of hydrogen-bond donors (Lipinski definition) is 0. The van der Waals surface area contributed by atoms with Gasteiger partial charge < -0.3 is 14.5 Å². The molecule has 1 amide bonds. The van der Waals surface area contributed by atoms with Crippen LogP contribution in [0, 0.1) is 11.6 Å². The minimum absolute atomic E-state index is 0.283. The van der Waals surface area contributed by atoms with Gasteiger partial charge in [-0.25, -0.2) is 8.78 Å². The van der Waals surface area contributed by atoms with Gasteiger partial charge in [0.1, 0.15) is 17.7 Å². The average Bonchev–Trinajstić information content (AvgIpc) is 2.60. The van der Waals surface area contributed by atoms with Gasteiger partial charge in [-0.2, -0.15) is 0 Å². The van der Waals surface area contributed by atoms with Gasteiger partial charge in [0.25, 0.3) is 5.91 Å². The minimum atomic E-state index is -1.54. The van der Waals surface area contributed by atoms with Gasteiger partial charge in [0.05, 0.1) is 6.97 Å². The van der Waals surface area contributed by atoms with E-state index in [0.717, 1.165) is 38.1 Å². The van der Waals surface area contributed by atoms with Gasteiger partial charge in [-0.1, -0.05) is 0 Å². The lowest BCUT2D eigenvalue weighted by atomic mass is 9.88. The van der Waals surface area contributed by atoms with Crippen molar-refractivity contribution in [1.82, 2.24) is 9.80 Å². The second kappa shape index (κ2) is 7.38. The van der Waals surface area contributed by atoms with E-state index < -0.39 is 17.5 Å². The number of rotatable bonds is 4. The standard InChI is InChI=1S/C19H26F2N2O2/c1-3-23-13-19(25-14(2)18(23)24)7-10-22(11-8-19)9-6-15-12-16(20)4-5-17(15)21/h4-5,12,14H,3,6-11,13H2,1-2H3/i14D. The van der Waals surface area contributed by atoms with Crippen LogP contribution in [0.2, 0.25) is 0 Å². The summed E-state index contributed by atoms with van der Waals surface area (Å²) in [6, 6.07) is 3.54. The summed E-state index contributed by atoms with van der Waals surface area (Å²) in [7, 11) is 0. The lowest BCUT2D eigenvalue weighted by Crippen LogP contribution is -2.61. The van der Waals surface area contributed by atoms with Crippen LogP contribution in [0.1, 0.15) is 33.6 Å². The molecular formula is C19H26F2N2O2. The molecule has 2 saturated heterocycles. The maximum atomic E-state index is 13.8. The third-order valence-electron chi connectivity index (χ3n) is 5.29. The molecule has 1 aromatic carbocycles. The highest BCUT2D eigenvalue weighted by molar-refractivity contribution is 5.81. The van der Waals surface area contributed by atoms with E-state index >= 15 is 0 Å². The first kappa shape index (κ1) is 16.9. The van der Waals surface area contributed by atoms with Crippen LogP contribution in [0.25, 0.3) is 0 Å². The zero-order valence-electron chi connectivity index (χ0n) is 15.9. The molecule has 2 aliphatic heterocycles. The van der Waals surface area contributed by atoms with E-state index in [1.54, 1.807) is 4.90 Å². The Morgan fingerprint density at radius 1 is 1.36 bits per heavy atom. The summed E-state index contributed by atoms with van der Waals surface area (Å²) < 4.78 is 41.2. The molecule has 3 rings (SSSR count). The van der Waals surface area contributed by atoms with Crippen molar-refractivity contribution in [3.63, 3.8) is 0 Å². The predicted molar refractivity (Wildman–Crippen MR) is 91.3 cm³/mol. The van der Waals surface area contributed by atoms with Gasteiger partial charge in [-0.15, -0.1) is 0 Å². The number of amides is 1.